The zero-order valence-electron chi connectivity index (χ0n) is 10.9. The smallest absolute Gasteiger partial charge is 0.417 e. The van der Waals surface area contributed by atoms with E-state index >= 15 is 0 Å². The van der Waals surface area contributed by atoms with Crippen molar-refractivity contribution < 1.29 is 14.3 Å². The van der Waals surface area contributed by atoms with Crippen LogP contribution in [0.4, 0.5) is 4.79 Å². The lowest BCUT2D eigenvalue weighted by Gasteiger charge is -2.23. The lowest BCUT2D eigenvalue weighted by molar-refractivity contribution is -0.130. The molecule has 96 valence electrons. The molecule has 0 aromatic rings. The van der Waals surface area contributed by atoms with Crippen LogP contribution in [0.1, 0.15) is 46.5 Å². The van der Waals surface area contributed by atoms with E-state index in [0.29, 0.717) is 12.5 Å². The summed E-state index contributed by atoms with van der Waals surface area (Å²) in [5.74, 6) is 0.406. The summed E-state index contributed by atoms with van der Waals surface area (Å²) >= 11 is 0. The lowest BCUT2D eigenvalue weighted by Crippen LogP contribution is -2.38. The molecule has 0 spiro atoms. The second kappa shape index (κ2) is 4.31. The molecule has 0 unspecified atom stereocenters. The van der Waals surface area contributed by atoms with Crippen molar-refractivity contribution in [2.75, 3.05) is 6.54 Å². The van der Waals surface area contributed by atoms with Gasteiger partial charge in [-0.25, -0.2) is 9.69 Å². The molecule has 1 aliphatic carbocycles. The number of rotatable bonds is 0. The van der Waals surface area contributed by atoms with Gasteiger partial charge < -0.3 is 4.74 Å². The zero-order chi connectivity index (χ0) is 12.6. The van der Waals surface area contributed by atoms with E-state index in [0.717, 1.165) is 19.3 Å². The van der Waals surface area contributed by atoms with Crippen LogP contribution in [0.2, 0.25) is 0 Å². The molecule has 1 saturated heterocycles. The van der Waals surface area contributed by atoms with Crippen molar-refractivity contribution in [1.29, 1.82) is 0 Å². The lowest BCUT2D eigenvalue weighted by atomic mass is 9.81. The Bertz CT molecular complexity index is 332. The van der Waals surface area contributed by atoms with Crippen molar-refractivity contribution in [2.45, 2.75) is 52.1 Å². The summed E-state index contributed by atoms with van der Waals surface area (Å²) in [6.45, 7) is 6.01. The normalized spacial score (nSPS) is 29.1. The fourth-order valence-corrected chi connectivity index (χ4v) is 2.76. The highest BCUT2D eigenvalue weighted by Gasteiger charge is 2.45. The molecule has 0 N–H and O–H groups in total. The molecular formula is C13H21NO3. The van der Waals surface area contributed by atoms with Crippen LogP contribution >= 0.6 is 0 Å². The molecular weight excluding hydrogens is 218 g/mol. The van der Waals surface area contributed by atoms with Gasteiger partial charge in [-0.15, -0.1) is 0 Å². The number of carbonyl (C=O) groups is 2. The van der Waals surface area contributed by atoms with Crippen molar-refractivity contribution in [2.24, 2.45) is 11.8 Å². The fraction of sp³-hybridized carbons (Fsp3) is 0.846. The van der Waals surface area contributed by atoms with Crippen LogP contribution in [0.15, 0.2) is 0 Å². The van der Waals surface area contributed by atoms with Crippen molar-refractivity contribution in [3.8, 4) is 0 Å². The Hall–Kier alpha value is -1.06. The Morgan fingerprint density at radius 3 is 2.53 bits per heavy atom. The second-order valence-electron chi connectivity index (χ2n) is 6.08. The van der Waals surface area contributed by atoms with Gasteiger partial charge >= 0.3 is 6.09 Å². The third-order valence-electron chi connectivity index (χ3n) is 3.52. The highest BCUT2D eigenvalue weighted by Crippen LogP contribution is 2.37. The summed E-state index contributed by atoms with van der Waals surface area (Å²) in [6.07, 6.45) is 3.81. The number of fused-ring (bicyclic) bond motifs is 1. The molecule has 2 fully saturated rings. The van der Waals surface area contributed by atoms with Crippen molar-refractivity contribution in [3.63, 3.8) is 0 Å². The third-order valence-corrected chi connectivity index (χ3v) is 3.52. The molecule has 17 heavy (non-hydrogen) atoms. The molecule has 1 heterocycles. The summed E-state index contributed by atoms with van der Waals surface area (Å²) in [5.41, 5.74) is -0.537. The summed E-state index contributed by atoms with van der Waals surface area (Å²) in [6, 6.07) is 0. The molecule has 2 amide bonds. The Balaban J connectivity index is 2.03. The standard InChI is InChI=1S/C13H21NO3/c1-13(2,3)17-12(16)14-8-9-6-4-5-7-10(9)11(14)15/h9-10H,4-8H2,1-3H3/t9-,10-/m0/s1. The predicted molar refractivity (Wildman–Crippen MR) is 63.4 cm³/mol. The molecule has 2 atom stereocenters. The predicted octanol–water partition coefficient (Wildman–Crippen LogP) is 2.57. The molecule has 4 nitrogen and oxygen atoms in total. The number of hydrogen-bond donors (Lipinski definition) is 0. The van der Waals surface area contributed by atoms with Crippen LogP contribution in [0.25, 0.3) is 0 Å². The summed E-state index contributed by atoms with van der Waals surface area (Å²) in [4.78, 5) is 25.3. The molecule has 2 aliphatic rings. The van der Waals surface area contributed by atoms with E-state index in [9.17, 15) is 9.59 Å². The van der Waals surface area contributed by atoms with Gasteiger partial charge in [0.1, 0.15) is 5.60 Å². The highest BCUT2D eigenvalue weighted by atomic mass is 16.6. The molecule has 2 rings (SSSR count). The van der Waals surface area contributed by atoms with Gasteiger partial charge in [0.05, 0.1) is 0 Å². The van der Waals surface area contributed by atoms with E-state index in [2.05, 4.69) is 0 Å². The van der Waals surface area contributed by atoms with Gasteiger partial charge in [0, 0.05) is 12.5 Å². The topological polar surface area (TPSA) is 46.6 Å². The van der Waals surface area contributed by atoms with Gasteiger partial charge in [0.15, 0.2) is 0 Å². The third kappa shape index (κ3) is 2.61. The highest BCUT2D eigenvalue weighted by molar-refractivity contribution is 5.95. The molecule has 1 saturated carbocycles. The number of amides is 2. The van der Waals surface area contributed by atoms with E-state index in [-0.39, 0.29) is 11.8 Å². The van der Waals surface area contributed by atoms with Gasteiger partial charge in [-0.05, 0) is 39.5 Å². The minimum atomic E-state index is -0.537. The molecule has 1 aliphatic heterocycles. The molecule has 0 bridgehead atoms. The maximum atomic E-state index is 12.1. The van der Waals surface area contributed by atoms with Gasteiger partial charge in [-0.2, -0.15) is 0 Å². The SMILES string of the molecule is CC(C)(C)OC(=O)N1C[C@@H]2CCCC[C@@H]2C1=O. The van der Waals surface area contributed by atoms with Crippen LogP contribution < -0.4 is 0 Å². The maximum absolute atomic E-state index is 12.1. The monoisotopic (exact) mass is 239 g/mol. The van der Waals surface area contributed by atoms with Crippen molar-refractivity contribution in [1.82, 2.24) is 4.90 Å². The Labute approximate surface area is 102 Å². The van der Waals surface area contributed by atoms with E-state index < -0.39 is 11.7 Å². The molecule has 0 aromatic carbocycles. The van der Waals surface area contributed by atoms with Gasteiger partial charge in [-0.1, -0.05) is 12.8 Å². The average Bonchev–Trinajstić information content (AvgIpc) is 2.55. The summed E-state index contributed by atoms with van der Waals surface area (Å²) in [7, 11) is 0. The van der Waals surface area contributed by atoms with E-state index in [1.165, 1.54) is 11.3 Å². The first-order chi connectivity index (χ1) is 7.88. The largest absolute Gasteiger partial charge is 0.443 e. The number of hydrogen-bond acceptors (Lipinski definition) is 3. The fourth-order valence-electron chi connectivity index (χ4n) is 2.76. The quantitative estimate of drug-likeness (QED) is 0.652. The number of likely N-dealkylation sites (tertiary alicyclic amines) is 1. The Kier molecular flexibility index (Phi) is 3.15. The number of nitrogens with zero attached hydrogens (tertiary/aromatic N) is 1. The number of ether oxygens (including phenoxy) is 1. The number of imide groups is 1. The maximum Gasteiger partial charge on any atom is 0.417 e. The van der Waals surface area contributed by atoms with E-state index in [4.69, 9.17) is 4.74 Å². The van der Waals surface area contributed by atoms with Gasteiger partial charge in [0.2, 0.25) is 5.91 Å². The first kappa shape index (κ1) is 12.4. The van der Waals surface area contributed by atoms with E-state index in [1.807, 2.05) is 20.8 Å². The molecule has 0 aromatic heterocycles. The minimum Gasteiger partial charge on any atom is -0.443 e. The molecule has 4 heteroatoms. The van der Waals surface area contributed by atoms with E-state index in [1.54, 1.807) is 0 Å². The van der Waals surface area contributed by atoms with Crippen LogP contribution in [0.5, 0.6) is 0 Å². The van der Waals surface area contributed by atoms with Crippen LogP contribution in [-0.4, -0.2) is 29.0 Å². The van der Waals surface area contributed by atoms with Crippen molar-refractivity contribution in [3.05, 3.63) is 0 Å². The van der Waals surface area contributed by atoms with Gasteiger partial charge in [0.25, 0.3) is 0 Å². The Morgan fingerprint density at radius 2 is 1.94 bits per heavy atom. The minimum absolute atomic E-state index is 0.0241. The summed E-state index contributed by atoms with van der Waals surface area (Å²) in [5, 5.41) is 0. The second-order valence-corrected chi connectivity index (χ2v) is 6.08. The zero-order valence-corrected chi connectivity index (χ0v) is 10.9. The van der Waals surface area contributed by atoms with Crippen LogP contribution in [-0.2, 0) is 9.53 Å². The molecule has 0 radical (unpaired) electrons. The number of carbonyl (C=O) groups excluding carboxylic acids is 2. The van der Waals surface area contributed by atoms with Gasteiger partial charge in [-0.3, -0.25) is 4.79 Å². The first-order valence-electron chi connectivity index (χ1n) is 6.43. The summed E-state index contributed by atoms with van der Waals surface area (Å²) < 4.78 is 5.26. The van der Waals surface area contributed by atoms with Crippen LogP contribution in [0.3, 0.4) is 0 Å². The Morgan fingerprint density at radius 1 is 1.29 bits per heavy atom. The van der Waals surface area contributed by atoms with Crippen molar-refractivity contribution >= 4 is 12.0 Å². The average molecular weight is 239 g/mol. The first-order valence-corrected chi connectivity index (χ1v) is 6.43. The van der Waals surface area contributed by atoms with Crippen LogP contribution in [0, 0.1) is 11.8 Å².